The lowest BCUT2D eigenvalue weighted by molar-refractivity contribution is -0.147. The van der Waals surface area contributed by atoms with Crippen molar-refractivity contribution in [1.82, 2.24) is 19.4 Å². The summed E-state index contributed by atoms with van der Waals surface area (Å²) >= 11 is 1.46. The van der Waals surface area contributed by atoms with Crippen LogP contribution in [0.25, 0.3) is 5.13 Å². The zero-order chi connectivity index (χ0) is 23.0. The smallest absolute Gasteiger partial charge is 0.327 e. The topological polar surface area (TPSA) is 102 Å². The van der Waals surface area contributed by atoms with Gasteiger partial charge in [-0.2, -0.15) is 0 Å². The molecule has 3 amide bonds. The van der Waals surface area contributed by atoms with E-state index >= 15 is 0 Å². The number of thiazole rings is 1. The van der Waals surface area contributed by atoms with Gasteiger partial charge in [0.25, 0.3) is 5.91 Å². The minimum absolute atomic E-state index is 0.347. The van der Waals surface area contributed by atoms with E-state index in [1.165, 1.54) is 16.2 Å². The number of aromatic nitrogens is 2. The predicted molar refractivity (Wildman–Crippen MR) is 117 cm³/mol. The molecule has 0 bridgehead atoms. The summed E-state index contributed by atoms with van der Waals surface area (Å²) in [4.78, 5) is 57.4. The van der Waals surface area contributed by atoms with Gasteiger partial charge in [0.15, 0.2) is 11.7 Å². The Morgan fingerprint density at radius 1 is 1.19 bits per heavy atom. The molecule has 0 N–H and O–H groups in total. The van der Waals surface area contributed by atoms with Crippen molar-refractivity contribution in [3.8, 4) is 5.13 Å². The minimum Gasteiger partial charge on any atom is -0.456 e. The molecule has 0 aromatic carbocycles. The van der Waals surface area contributed by atoms with Gasteiger partial charge in [-0.25, -0.2) is 9.78 Å². The third-order valence-corrected chi connectivity index (χ3v) is 7.23. The predicted octanol–water partition coefficient (Wildman–Crippen LogP) is 2.87. The summed E-state index contributed by atoms with van der Waals surface area (Å²) in [5, 5.41) is 2.61. The molecule has 1 spiro atoms. The maximum Gasteiger partial charge on any atom is 0.327 e. The number of ketones is 1. The Bertz CT molecular complexity index is 1070. The molecule has 2 fully saturated rings. The second kappa shape index (κ2) is 8.50. The molecule has 0 atom stereocenters. The molecule has 2 aromatic rings. The maximum atomic E-state index is 13.0. The number of esters is 1. The highest BCUT2D eigenvalue weighted by molar-refractivity contribution is 7.12. The first-order valence-corrected chi connectivity index (χ1v) is 11.5. The lowest BCUT2D eigenvalue weighted by atomic mass is 9.81. The Hall–Kier alpha value is -3.01. The van der Waals surface area contributed by atoms with Crippen molar-refractivity contribution in [2.75, 3.05) is 20.2 Å². The summed E-state index contributed by atoms with van der Waals surface area (Å²) in [6.07, 6.45) is 5.67. The van der Waals surface area contributed by atoms with Crippen LogP contribution in [0.15, 0.2) is 17.6 Å². The third kappa shape index (κ3) is 3.62. The average molecular weight is 459 g/mol. The Morgan fingerprint density at radius 2 is 1.91 bits per heavy atom. The molecule has 170 valence electrons. The summed E-state index contributed by atoms with van der Waals surface area (Å²) in [6.45, 7) is 2.73. The number of amides is 3. The fraction of sp³-hybridized carbons (Fsp3) is 0.500. The van der Waals surface area contributed by atoms with Crippen molar-refractivity contribution < 1.29 is 23.9 Å². The SMILES string of the molecule is Cc1cc(C(=O)COC(=O)CN2C(=O)N(C)C3(CCCCC3)C2=O)c(C)n1-c1nccs1. The molecule has 3 heterocycles. The number of carbonyl (C=O) groups is 4. The van der Waals surface area contributed by atoms with Crippen molar-refractivity contribution in [2.45, 2.75) is 51.5 Å². The number of hydrogen-bond donors (Lipinski definition) is 0. The lowest BCUT2D eigenvalue weighted by Crippen LogP contribution is -2.49. The molecule has 32 heavy (non-hydrogen) atoms. The molecule has 10 heteroatoms. The molecule has 9 nitrogen and oxygen atoms in total. The quantitative estimate of drug-likeness (QED) is 0.375. The van der Waals surface area contributed by atoms with E-state index in [-0.39, 0.29) is 11.7 Å². The third-order valence-electron chi connectivity index (χ3n) is 6.48. The second-order valence-electron chi connectivity index (χ2n) is 8.34. The normalized spacial score (nSPS) is 18.0. The van der Waals surface area contributed by atoms with Gasteiger partial charge in [-0.3, -0.25) is 23.9 Å². The van der Waals surface area contributed by atoms with E-state index in [0.717, 1.165) is 35.0 Å². The van der Waals surface area contributed by atoms with Crippen molar-refractivity contribution >= 4 is 35.0 Å². The van der Waals surface area contributed by atoms with Crippen LogP contribution in [0.3, 0.4) is 0 Å². The molecule has 1 saturated carbocycles. The summed E-state index contributed by atoms with van der Waals surface area (Å²) in [5.74, 6) is -1.48. The van der Waals surface area contributed by atoms with Crippen molar-refractivity contribution in [2.24, 2.45) is 0 Å². The standard InChI is InChI=1S/C22H26N4O5S/c1-14-11-16(15(2)26(14)20-23-9-10-32-20)17(27)13-31-18(28)12-25-19(29)22(24(3)21(25)30)7-5-4-6-8-22/h9-11H,4-8,12-13H2,1-3H3. The van der Waals surface area contributed by atoms with E-state index in [1.807, 2.05) is 23.8 Å². The Labute approximate surface area is 190 Å². The summed E-state index contributed by atoms with van der Waals surface area (Å²) in [5.41, 5.74) is 1.16. The van der Waals surface area contributed by atoms with Gasteiger partial charge < -0.3 is 9.64 Å². The lowest BCUT2D eigenvalue weighted by Gasteiger charge is -2.35. The van der Waals surface area contributed by atoms with Crippen LogP contribution >= 0.6 is 11.3 Å². The van der Waals surface area contributed by atoms with Gasteiger partial charge in [0.05, 0.1) is 0 Å². The van der Waals surface area contributed by atoms with E-state index in [0.29, 0.717) is 24.1 Å². The van der Waals surface area contributed by atoms with Crippen LogP contribution in [0.2, 0.25) is 0 Å². The van der Waals surface area contributed by atoms with Gasteiger partial charge in [-0.15, -0.1) is 11.3 Å². The molecule has 1 aliphatic heterocycles. The molecule has 0 unspecified atom stereocenters. The molecular weight excluding hydrogens is 432 g/mol. The van der Waals surface area contributed by atoms with E-state index in [9.17, 15) is 19.2 Å². The van der Waals surface area contributed by atoms with Gasteiger partial charge in [0.1, 0.15) is 12.1 Å². The summed E-state index contributed by atoms with van der Waals surface area (Å²) < 4.78 is 7.02. The first-order chi connectivity index (χ1) is 15.3. The van der Waals surface area contributed by atoms with Gasteiger partial charge in [-0.05, 0) is 32.8 Å². The molecule has 1 saturated heterocycles. The van der Waals surface area contributed by atoms with Crippen LogP contribution < -0.4 is 0 Å². The van der Waals surface area contributed by atoms with E-state index in [1.54, 1.807) is 19.3 Å². The highest BCUT2D eigenvalue weighted by Gasteiger charge is 2.56. The van der Waals surface area contributed by atoms with Crippen LogP contribution in [-0.4, -0.2) is 68.8 Å². The van der Waals surface area contributed by atoms with E-state index in [4.69, 9.17) is 4.74 Å². The average Bonchev–Trinajstić information content (AvgIpc) is 3.45. The minimum atomic E-state index is -0.848. The van der Waals surface area contributed by atoms with Crippen LogP contribution in [0.1, 0.15) is 53.8 Å². The number of rotatable bonds is 6. The van der Waals surface area contributed by atoms with Crippen molar-refractivity contribution in [1.29, 1.82) is 0 Å². The van der Waals surface area contributed by atoms with Gasteiger partial charge in [0.2, 0.25) is 5.78 Å². The fourth-order valence-corrected chi connectivity index (χ4v) is 5.49. The zero-order valence-corrected chi connectivity index (χ0v) is 19.2. The fourth-order valence-electron chi connectivity index (χ4n) is 4.74. The highest BCUT2D eigenvalue weighted by atomic mass is 32.1. The zero-order valence-electron chi connectivity index (χ0n) is 18.4. The second-order valence-corrected chi connectivity index (χ2v) is 9.22. The van der Waals surface area contributed by atoms with Crippen molar-refractivity contribution in [3.05, 3.63) is 34.6 Å². The largest absolute Gasteiger partial charge is 0.456 e. The number of urea groups is 1. The molecule has 0 radical (unpaired) electrons. The number of Topliss-reactive ketones (excluding diaryl/α,β-unsaturated/α-hetero) is 1. The highest BCUT2D eigenvalue weighted by Crippen LogP contribution is 2.39. The first-order valence-electron chi connectivity index (χ1n) is 10.6. The number of nitrogens with zero attached hydrogens (tertiary/aromatic N) is 4. The van der Waals surface area contributed by atoms with E-state index in [2.05, 4.69) is 4.98 Å². The molecule has 2 aliphatic rings. The van der Waals surface area contributed by atoms with Crippen LogP contribution in [0, 0.1) is 13.8 Å². The van der Waals surface area contributed by atoms with Gasteiger partial charge in [-0.1, -0.05) is 19.3 Å². The molecule has 1 aliphatic carbocycles. The van der Waals surface area contributed by atoms with Crippen LogP contribution in [0.4, 0.5) is 4.79 Å². The number of carbonyl (C=O) groups excluding carboxylic acids is 4. The first kappa shape index (κ1) is 22.2. The summed E-state index contributed by atoms with van der Waals surface area (Å²) in [7, 11) is 1.61. The Kier molecular flexibility index (Phi) is 5.89. The molecule has 2 aromatic heterocycles. The Balaban J connectivity index is 1.39. The van der Waals surface area contributed by atoms with Crippen LogP contribution in [-0.2, 0) is 14.3 Å². The monoisotopic (exact) mass is 458 g/mol. The van der Waals surface area contributed by atoms with Gasteiger partial charge >= 0.3 is 12.0 Å². The number of hydrogen-bond acceptors (Lipinski definition) is 7. The number of likely N-dealkylation sites (N-methyl/N-ethyl adjacent to an activating group) is 1. The number of imide groups is 1. The molecular formula is C22H26N4O5S. The van der Waals surface area contributed by atoms with Crippen LogP contribution in [0.5, 0.6) is 0 Å². The number of aryl methyl sites for hydroxylation is 1. The van der Waals surface area contributed by atoms with Gasteiger partial charge in [0, 0.05) is 35.6 Å². The van der Waals surface area contributed by atoms with Crippen molar-refractivity contribution in [3.63, 3.8) is 0 Å². The Morgan fingerprint density at radius 3 is 2.56 bits per heavy atom. The summed E-state index contributed by atoms with van der Waals surface area (Å²) in [6, 6.07) is 1.24. The van der Waals surface area contributed by atoms with E-state index < -0.39 is 30.7 Å². The maximum absolute atomic E-state index is 13.0. The molecule has 4 rings (SSSR count). The number of ether oxygens (including phenoxy) is 1.